The number of allylic oxidation sites excluding steroid dienone is 12. The standard InChI is InChI=1S/C72H128O6/c1-4-7-10-13-16-19-21-23-25-27-29-31-33-34-35-36-37-39-40-42-44-46-48-50-53-56-59-62-65-71(74)77-68-69(67-76-70(73)64-61-58-55-52-18-15-12-9-6-3)78-72(75)66-63-60-57-54-51-49-47-45-43-41-38-32-30-28-26-24-22-20-17-14-11-8-5-2/h8,11,17,20,24,26,30,32,41,43,47,49,69H,4-7,9-10,12-16,18-19,21-23,25,27-29,31,33-40,42,44-46,48,50-68H2,1-3H3/b11-8-,20-17-,26-24-,32-30-,43-41-,49-47-. The van der Waals surface area contributed by atoms with E-state index in [4.69, 9.17) is 14.2 Å². The van der Waals surface area contributed by atoms with Crippen LogP contribution < -0.4 is 0 Å². The molecule has 0 radical (unpaired) electrons. The number of carbonyl (C=O) groups excluding carboxylic acids is 3. The van der Waals surface area contributed by atoms with Gasteiger partial charge in [-0.15, -0.1) is 0 Å². The van der Waals surface area contributed by atoms with Gasteiger partial charge in [-0.25, -0.2) is 0 Å². The van der Waals surface area contributed by atoms with Crippen molar-refractivity contribution in [2.45, 2.75) is 354 Å². The molecule has 0 aliphatic heterocycles. The molecule has 452 valence electrons. The number of ether oxygens (including phenoxy) is 3. The van der Waals surface area contributed by atoms with Crippen LogP contribution >= 0.6 is 0 Å². The van der Waals surface area contributed by atoms with Crippen LogP contribution in [0.3, 0.4) is 0 Å². The first-order valence-corrected chi connectivity index (χ1v) is 33.9. The van der Waals surface area contributed by atoms with Gasteiger partial charge >= 0.3 is 17.9 Å². The number of unbranched alkanes of at least 4 members (excludes halogenated alkanes) is 39. The minimum atomic E-state index is -0.787. The summed E-state index contributed by atoms with van der Waals surface area (Å²) in [5.41, 5.74) is 0. The second-order valence-electron chi connectivity index (χ2n) is 22.7. The number of rotatable bonds is 62. The average molecular weight is 1090 g/mol. The number of esters is 3. The number of carbonyl (C=O) groups is 3. The maximum absolute atomic E-state index is 12.9. The largest absolute Gasteiger partial charge is 0.462 e. The lowest BCUT2D eigenvalue weighted by Gasteiger charge is -2.18. The van der Waals surface area contributed by atoms with Crippen LogP contribution in [-0.4, -0.2) is 37.2 Å². The summed E-state index contributed by atoms with van der Waals surface area (Å²) in [7, 11) is 0. The van der Waals surface area contributed by atoms with Gasteiger partial charge in [0.2, 0.25) is 0 Å². The van der Waals surface area contributed by atoms with Crippen molar-refractivity contribution in [2.75, 3.05) is 13.2 Å². The third-order valence-electron chi connectivity index (χ3n) is 15.0. The Morgan fingerprint density at radius 1 is 0.269 bits per heavy atom. The second kappa shape index (κ2) is 66.4. The van der Waals surface area contributed by atoms with E-state index < -0.39 is 6.10 Å². The van der Waals surface area contributed by atoms with Gasteiger partial charge in [0.05, 0.1) is 0 Å². The van der Waals surface area contributed by atoms with E-state index in [9.17, 15) is 14.4 Å². The minimum absolute atomic E-state index is 0.0820. The van der Waals surface area contributed by atoms with Gasteiger partial charge in [0, 0.05) is 19.3 Å². The van der Waals surface area contributed by atoms with Crippen molar-refractivity contribution in [1.82, 2.24) is 0 Å². The summed E-state index contributed by atoms with van der Waals surface area (Å²) >= 11 is 0. The third kappa shape index (κ3) is 63.7. The molecule has 0 spiro atoms. The Balaban J connectivity index is 4.18. The van der Waals surface area contributed by atoms with Crippen LogP contribution in [0.4, 0.5) is 0 Å². The van der Waals surface area contributed by atoms with Crippen molar-refractivity contribution in [3.8, 4) is 0 Å². The summed E-state index contributed by atoms with van der Waals surface area (Å²) in [6, 6.07) is 0. The fourth-order valence-corrected chi connectivity index (χ4v) is 9.92. The first kappa shape index (κ1) is 74.8. The highest BCUT2D eigenvalue weighted by Crippen LogP contribution is 2.18. The molecule has 6 nitrogen and oxygen atoms in total. The first-order valence-electron chi connectivity index (χ1n) is 33.9. The maximum Gasteiger partial charge on any atom is 0.306 e. The smallest absolute Gasteiger partial charge is 0.306 e. The Morgan fingerprint density at radius 2 is 0.500 bits per heavy atom. The van der Waals surface area contributed by atoms with Gasteiger partial charge in [-0.05, 0) is 70.6 Å². The van der Waals surface area contributed by atoms with E-state index in [1.807, 2.05) is 0 Å². The Labute approximate surface area is 484 Å². The summed E-state index contributed by atoms with van der Waals surface area (Å²) in [5.74, 6) is -0.893. The molecular weight excluding hydrogens is 961 g/mol. The molecule has 0 aromatic rings. The summed E-state index contributed by atoms with van der Waals surface area (Å²) in [6.07, 6.45) is 86.6. The Kier molecular flexibility index (Phi) is 63.7. The average Bonchev–Trinajstić information content (AvgIpc) is 3.44. The van der Waals surface area contributed by atoms with Crippen molar-refractivity contribution < 1.29 is 28.6 Å². The van der Waals surface area contributed by atoms with E-state index in [1.165, 1.54) is 199 Å². The van der Waals surface area contributed by atoms with E-state index >= 15 is 0 Å². The Bertz CT molecular complexity index is 1440. The lowest BCUT2D eigenvalue weighted by Crippen LogP contribution is -2.30. The molecule has 78 heavy (non-hydrogen) atoms. The third-order valence-corrected chi connectivity index (χ3v) is 15.0. The van der Waals surface area contributed by atoms with Crippen LogP contribution in [0, 0.1) is 0 Å². The zero-order chi connectivity index (χ0) is 56.4. The van der Waals surface area contributed by atoms with Gasteiger partial charge in [0.1, 0.15) is 13.2 Å². The normalized spacial score (nSPS) is 12.5. The predicted molar refractivity (Wildman–Crippen MR) is 339 cm³/mol. The van der Waals surface area contributed by atoms with E-state index in [0.29, 0.717) is 19.3 Å². The second-order valence-corrected chi connectivity index (χ2v) is 22.7. The van der Waals surface area contributed by atoms with E-state index in [0.717, 1.165) is 109 Å². The molecule has 6 heteroatoms. The van der Waals surface area contributed by atoms with Crippen LogP contribution in [0.15, 0.2) is 72.9 Å². The monoisotopic (exact) mass is 1090 g/mol. The van der Waals surface area contributed by atoms with Gasteiger partial charge in [0.15, 0.2) is 6.10 Å². The lowest BCUT2D eigenvalue weighted by atomic mass is 10.0. The summed E-state index contributed by atoms with van der Waals surface area (Å²) in [5, 5.41) is 0. The van der Waals surface area contributed by atoms with Crippen LogP contribution in [0.1, 0.15) is 348 Å². The molecule has 0 heterocycles. The van der Waals surface area contributed by atoms with E-state index in [1.54, 1.807) is 0 Å². The topological polar surface area (TPSA) is 78.9 Å². The zero-order valence-corrected chi connectivity index (χ0v) is 51.9. The van der Waals surface area contributed by atoms with Crippen molar-refractivity contribution in [1.29, 1.82) is 0 Å². The highest BCUT2D eigenvalue weighted by Gasteiger charge is 2.19. The molecule has 0 aromatic heterocycles. The lowest BCUT2D eigenvalue weighted by molar-refractivity contribution is -0.167. The molecule has 0 N–H and O–H groups in total. The Morgan fingerprint density at radius 3 is 0.782 bits per heavy atom. The fraction of sp³-hybridized carbons (Fsp3) is 0.792. The predicted octanol–water partition coefficient (Wildman–Crippen LogP) is 23.3. The minimum Gasteiger partial charge on any atom is -0.462 e. The molecule has 0 rings (SSSR count). The van der Waals surface area contributed by atoms with Crippen LogP contribution in [0.2, 0.25) is 0 Å². The van der Waals surface area contributed by atoms with E-state index in [2.05, 4.69) is 93.7 Å². The molecule has 0 fully saturated rings. The van der Waals surface area contributed by atoms with Crippen LogP contribution in [0.25, 0.3) is 0 Å². The zero-order valence-electron chi connectivity index (χ0n) is 51.9. The molecule has 1 atom stereocenters. The number of hydrogen-bond donors (Lipinski definition) is 0. The van der Waals surface area contributed by atoms with Gasteiger partial charge in [-0.2, -0.15) is 0 Å². The highest BCUT2D eigenvalue weighted by molar-refractivity contribution is 5.71. The first-order chi connectivity index (χ1) is 38.5. The van der Waals surface area contributed by atoms with Crippen molar-refractivity contribution in [3.05, 3.63) is 72.9 Å². The van der Waals surface area contributed by atoms with Gasteiger partial charge < -0.3 is 14.2 Å². The van der Waals surface area contributed by atoms with Gasteiger partial charge in [-0.1, -0.05) is 331 Å². The molecule has 0 amide bonds. The van der Waals surface area contributed by atoms with Crippen molar-refractivity contribution >= 4 is 17.9 Å². The summed E-state index contributed by atoms with van der Waals surface area (Å²) < 4.78 is 16.9. The SMILES string of the molecule is CC/C=C\C/C=C\C/C=C\C/C=C\C/C=C\C/C=C\CCCCCCC(=O)OC(COC(=O)CCCCCCCCCCC)COC(=O)CCCCCCCCCCCCCCCCCCCCCCCCCCCCCC. The molecule has 0 saturated carbocycles. The summed E-state index contributed by atoms with van der Waals surface area (Å²) in [6.45, 7) is 6.53. The molecule has 0 aliphatic rings. The van der Waals surface area contributed by atoms with Gasteiger partial charge in [-0.3, -0.25) is 14.4 Å². The van der Waals surface area contributed by atoms with Gasteiger partial charge in [0.25, 0.3) is 0 Å². The van der Waals surface area contributed by atoms with E-state index in [-0.39, 0.29) is 31.1 Å². The van der Waals surface area contributed by atoms with Crippen molar-refractivity contribution in [2.24, 2.45) is 0 Å². The molecule has 0 saturated heterocycles. The quantitative estimate of drug-likeness (QED) is 0.0261. The number of hydrogen-bond acceptors (Lipinski definition) is 6. The molecule has 0 bridgehead atoms. The van der Waals surface area contributed by atoms with Crippen molar-refractivity contribution in [3.63, 3.8) is 0 Å². The maximum atomic E-state index is 12.9. The summed E-state index contributed by atoms with van der Waals surface area (Å²) in [4.78, 5) is 38.2. The molecule has 0 aromatic carbocycles. The Hall–Kier alpha value is -3.15. The fourth-order valence-electron chi connectivity index (χ4n) is 9.92. The molecular formula is C72H128O6. The molecule has 0 aliphatic carbocycles. The van der Waals surface area contributed by atoms with Crippen LogP contribution in [0.5, 0.6) is 0 Å². The highest BCUT2D eigenvalue weighted by atomic mass is 16.6. The van der Waals surface area contributed by atoms with Crippen LogP contribution in [-0.2, 0) is 28.6 Å². The molecule has 1 unspecified atom stereocenters.